The lowest BCUT2D eigenvalue weighted by atomic mass is 9.46. The maximum absolute atomic E-state index is 12.5. The normalized spacial score (nSPS) is 36.0. The summed E-state index contributed by atoms with van der Waals surface area (Å²) in [6.45, 7) is 9.14. The van der Waals surface area contributed by atoms with Crippen LogP contribution in [0.3, 0.4) is 0 Å². The highest BCUT2D eigenvalue weighted by Crippen LogP contribution is 2.67. The molecule has 4 aliphatic carbocycles. The predicted octanol–water partition coefficient (Wildman–Crippen LogP) is 3.91. The molecule has 0 bridgehead atoms. The minimum absolute atomic E-state index is 0.0469. The number of carboxylic acids is 1. The number of carbonyl (C=O) groups excluding carboxylic acids is 3. The Morgan fingerprint density at radius 1 is 1.07 bits per heavy atom. The molecule has 2 amide bonds. The molecule has 0 saturated heterocycles. The van der Waals surface area contributed by atoms with Crippen LogP contribution in [0.4, 0.5) is 0 Å². The molecule has 3 fully saturated rings. The number of nitrogens with one attached hydrogen (secondary N) is 2. The van der Waals surface area contributed by atoms with Crippen molar-refractivity contribution in [3.8, 4) is 0 Å². The van der Waals surface area contributed by atoms with E-state index in [-0.39, 0.29) is 23.2 Å². The number of amides is 2. The van der Waals surface area contributed by atoms with Gasteiger partial charge >= 0.3 is 5.97 Å². The first kappa shape index (κ1) is 32.2. The largest absolute Gasteiger partial charge is 0.480 e. The SMILES string of the molecule is CCCC[C@@H](NC(=O)[C@@H](C)NC(=O)CO/N=C1/C=C2CC[C@@H]3[C@H](CC[C@@]4(C)[C@H]3CC[C@]4(O)C(C)=O)[C@@]2(C)CC1)C(=O)O. The van der Waals surface area contributed by atoms with Gasteiger partial charge in [0.1, 0.15) is 17.7 Å². The van der Waals surface area contributed by atoms with Crippen LogP contribution in [-0.4, -0.2) is 63.8 Å². The Morgan fingerprint density at radius 2 is 1.79 bits per heavy atom. The minimum Gasteiger partial charge on any atom is -0.480 e. The van der Waals surface area contributed by atoms with Crippen LogP contribution in [0.5, 0.6) is 0 Å². The molecule has 8 atom stereocenters. The smallest absolute Gasteiger partial charge is 0.326 e. The molecule has 0 aromatic rings. The van der Waals surface area contributed by atoms with Gasteiger partial charge in [-0.25, -0.2) is 4.79 Å². The Balaban J connectivity index is 1.32. The number of fused-ring (bicyclic) bond motifs is 5. The first-order chi connectivity index (χ1) is 19.8. The van der Waals surface area contributed by atoms with Crippen LogP contribution in [0.25, 0.3) is 0 Å². The molecule has 0 unspecified atom stereocenters. The lowest BCUT2D eigenvalue weighted by Crippen LogP contribution is -2.57. The summed E-state index contributed by atoms with van der Waals surface area (Å²) in [6, 6.07) is -1.90. The Morgan fingerprint density at radius 3 is 2.45 bits per heavy atom. The zero-order valence-corrected chi connectivity index (χ0v) is 25.8. The van der Waals surface area contributed by atoms with Crippen LogP contribution in [0, 0.1) is 28.6 Å². The number of ketones is 1. The van der Waals surface area contributed by atoms with Crippen molar-refractivity contribution in [2.75, 3.05) is 6.61 Å². The average Bonchev–Trinajstić information content (AvgIpc) is 3.22. The Hall–Kier alpha value is -2.75. The van der Waals surface area contributed by atoms with Gasteiger partial charge in [0.05, 0.1) is 5.71 Å². The molecule has 234 valence electrons. The fourth-order valence-corrected chi connectivity index (χ4v) is 8.72. The number of unbranched alkanes of at least 4 members (excludes halogenated alkanes) is 1. The highest BCUT2D eigenvalue weighted by molar-refractivity contribution is 5.96. The van der Waals surface area contributed by atoms with Crippen molar-refractivity contribution in [3.63, 3.8) is 0 Å². The predicted molar refractivity (Wildman–Crippen MR) is 157 cm³/mol. The highest BCUT2D eigenvalue weighted by Gasteiger charge is 2.65. The number of aliphatic carboxylic acids is 1. The van der Waals surface area contributed by atoms with E-state index in [2.05, 4.69) is 35.7 Å². The van der Waals surface area contributed by atoms with E-state index in [0.29, 0.717) is 37.0 Å². The lowest BCUT2D eigenvalue weighted by Gasteiger charge is -2.59. The average molecular weight is 588 g/mol. The maximum Gasteiger partial charge on any atom is 0.326 e. The van der Waals surface area contributed by atoms with E-state index in [4.69, 9.17) is 4.84 Å². The molecule has 42 heavy (non-hydrogen) atoms. The number of oxime groups is 1. The highest BCUT2D eigenvalue weighted by atomic mass is 16.6. The van der Waals surface area contributed by atoms with Gasteiger partial charge in [0.15, 0.2) is 12.4 Å². The Labute approximate surface area is 249 Å². The standard InChI is InChI=1S/C32H49N3O7/c1-6-7-8-26(29(39)40)34-28(38)19(2)33-27(37)18-42-35-22-11-14-30(4)21(17-22)9-10-23-24(30)12-15-31(5)25(23)13-16-32(31,41)20(3)36/h17,19,23-26,41H,6-16,18H2,1-5H3,(H,33,37)(H,34,38)(H,39,40)/b35-22+/t19-,23-,24+,25+,26-,30+,31+,32+/m1/s1. The number of Topliss-reactive ketones (excluding diaryl/α,β-unsaturated/α-hetero) is 1. The van der Waals surface area contributed by atoms with Gasteiger partial charge in [-0.15, -0.1) is 0 Å². The van der Waals surface area contributed by atoms with Crippen molar-refractivity contribution < 1.29 is 34.2 Å². The van der Waals surface area contributed by atoms with Crippen molar-refractivity contribution in [3.05, 3.63) is 11.6 Å². The Kier molecular flexibility index (Phi) is 9.55. The number of carbonyl (C=O) groups is 4. The summed E-state index contributed by atoms with van der Waals surface area (Å²) in [5.41, 5.74) is 0.662. The molecule has 0 aromatic carbocycles. The van der Waals surface area contributed by atoms with Gasteiger partial charge in [-0.3, -0.25) is 14.4 Å². The molecule has 0 aliphatic heterocycles. The van der Waals surface area contributed by atoms with Crippen LogP contribution in [0.2, 0.25) is 0 Å². The van der Waals surface area contributed by atoms with Crippen molar-refractivity contribution in [2.45, 2.75) is 123 Å². The summed E-state index contributed by atoms with van der Waals surface area (Å²) >= 11 is 0. The molecule has 4 aliphatic rings. The summed E-state index contributed by atoms with van der Waals surface area (Å²) < 4.78 is 0. The van der Waals surface area contributed by atoms with Gasteiger partial charge in [0.2, 0.25) is 5.91 Å². The van der Waals surface area contributed by atoms with Crippen molar-refractivity contribution in [2.24, 2.45) is 33.7 Å². The summed E-state index contributed by atoms with van der Waals surface area (Å²) in [5, 5.41) is 29.9. The summed E-state index contributed by atoms with van der Waals surface area (Å²) in [6.07, 6.45) is 11.0. The van der Waals surface area contributed by atoms with Gasteiger partial charge in [-0.2, -0.15) is 0 Å². The molecule has 3 saturated carbocycles. The third-order valence-corrected chi connectivity index (χ3v) is 11.3. The second kappa shape index (κ2) is 12.5. The fourth-order valence-electron chi connectivity index (χ4n) is 8.72. The van der Waals surface area contributed by atoms with Gasteiger partial charge in [-0.1, -0.05) is 44.3 Å². The zero-order chi connectivity index (χ0) is 30.9. The topological polar surface area (TPSA) is 154 Å². The first-order valence-corrected chi connectivity index (χ1v) is 15.7. The number of carboxylic acid groups (broad SMARTS) is 1. The van der Waals surface area contributed by atoms with E-state index in [1.54, 1.807) is 6.92 Å². The van der Waals surface area contributed by atoms with Crippen LogP contribution in [0.1, 0.15) is 105 Å². The summed E-state index contributed by atoms with van der Waals surface area (Å²) in [7, 11) is 0. The van der Waals surface area contributed by atoms with E-state index in [9.17, 15) is 29.4 Å². The van der Waals surface area contributed by atoms with Gasteiger partial charge in [0, 0.05) is 5.41 Å². The van der Waals surface area contributed by atoms with Crippen LogP contribution in [0.15, 0.2) is 16.8 Å². The summed E-state index contributed by atoms with van der Waals surface area (Å²) in [4.78, 5) is 54.0. The van der Waals surface area contributed by atoms with E-state index in [1.165, 1.54) is 12.5 Å². The van der Waals surface area contributed by atoms with Gasteiger partial charge < -0.3 is 25.7 Å². The molecule has 0 radical (unpaired) electrons. The van der Waals surface area contributed by atoms with Crippen molar-refractivity contribution in [1.82, 2.24) is 10.6 Å². The van der Waals surface area contributed by atoms with E-state index >= 15 is 0 Å². The fraction of sp³-hybridized carbons (Fsp3) is 0.781. The number of nitrogens with zero attached hydrogens (tertiary/aromatic N) is 1. The molecule has 0 spiro atoms. The number of hydrogen-bond acceptors (Lipinski definition) is 7. The molecule has 4 N–H and O–H groups in total. The second-order valence-corrected chi connectivity index (χ2v) is 13.6. The third-order valence-electron chi connectivity index (χ3n) is 11.3. The lowest BCUT2D eigenvalue weighted by molar-refractivity contribution is -0.159. The van der Waals surface area contributed by atoms with Crippen molar-refractivity contribution in [1.29, 1.82) is 0 Å². The molecular weight excluding hydrogens is 538 g/mol. The molecule has 0 heterocycles. The second-order valence-electron chi connectivity index (χ2n) is 13.6. The maximum atomic E-state index is 12.5. The molecule has 10 heteroatoms. The van der Waals surface area contributed by atoms with Crippen LogP contribution >= 0.6 is 0 Å². The van der Waals surface area contributed by atoms with Gasteiger partial charge in [0.25, 0.3) is 5.91 Å². The number of hydrogen-bond donors (Lipinski definition) is 4. The van der Waals surface area contributed by atoms with Crippen LogP contribution < -0.4 is 10.6 Å². The molecular formula is C32H49N3O7. The molecule has 4 rings (SSSR count). The number of allylic oxidation sites excluding steroid dienone is 2. The molecule has 0 aromatic heterocycles. The van der Waals surface area contributed by atoms with E-state index in [0.717, 1.165) is 57.1 Å². The zero-order valence-electron chi connectivity index (χ0n) is 25.8. The number of rotatable bonds is 11. The Bertz CT molecular complexity index is 1150. The quantitative estimate of drug-likeness (QED) is 0.267. The van der Waals surface area contributed by atoms with Crippen molar-refractivity contribution >= 4 is 29.3 Å². The molecule has 10 nitrogen and oxygen atoms in total. The first-order valence-electron chi connectivity index (χ1n) is 15.7. The third kappa shape index (κ3) is 5.88. The minimum atomic E-state index is -1.20. The van der Waals surface area contributed by atoms with E-state index in [1.807, 2.05) is 6.92 Å². The van der Waals surface area contributed by atoms with Crippen LogP contribution in [-0.2, 0) is 24.0 Å². The number of aliphatic hydroxyl groups is 1. The monoisotopic (exact) mass is 587 g/mol. The van der Waals surface area contributed by atoms with Gasteiger partial charge in [-0.05, 0) is 101 Å². The van der Waals surface area contributed by atoms with E-state index < -0.39 is 35.5 Å². The summed E-state index contributed by atoms with van der Waals surface area (Å²) in [5.74, 6) is -0.895.